The zero-order valence-electron chi connectivity index (χ0n) is 18.5. The summed E-state index contributed by atoms with van der Waals surface area (Å²) in [6.45, 7) is 0.0528. The van der Waals surface area contributed by atoms with E-state index in [-0.39, 0.29) is 36.0 Å². The van der Waals surface area contributed by atoms with Crippen LogP contribution in [0.15, 0.2) is 47.8 Å². The number of aromatic nitrogens is 1. The highest BCUT2D eigenvalue weighted by Gasteiger charge is 2.29. The number of hydrogen-bond acceptors (Lipinski definition) is 5. The van der Waals surface area contributed by atoms with Crippen molar-refractivity contribution in [2.24, 2.45) is 0 Å². The first-order valence-electron chi connectivity index (χ1n) is 11.0. The van der Waals surface area contributed by atoms with Crippen molar-refractivity contribution in [1.82, 2.24) is 15.6 Å². The minimum absolute atomic E-state index is 0.0528. The number of amides is 3. The summed E-state index contributed by atoms with van der Waals surface area (Å²) in [7, 11) is 0. The number of halogens is 3. The van der Waals surface area contributed by atoms with E-state index in [1.807, 2.05) is 0 Å². The van der Waals surface area contributed by atoms with Crippen LogP contribution in [-0.4, -0.2) is 29.0 Å². The molecule has 3 aromatic rings. The molecule has 1 fully saturated rings. The fourth-order valence-corrected chi connectivity index (χ4v) is 5.01. The SMILES string of the molecule is O=C(Nc1c(Cl)cccc1Cl)NC1CCCCC1NC(=O)c1csc(COc2ccccc2F)n1. The average Bonchev–Trinajstić information content (AvgIpc) is 3.32. The van der Waals surface area contributed by atoms with Gasteiger partial charge in [0.2, 0.25) is 0 Å². The van der Waals surface area contributed by atoms with E-state index in [1.165, 1.54) is 23.5 Å². The van der Waals surface area contributed by atoms with Crippen molar-refractivity contribution in [3.63, 3.8) is 0 Å². The number of benzene rings is 2. The van der Waals surface area contributed by atoms with Gasteiger partial charge in [-0.2, -0.15) is 0 Å². The smallest absolute Gasteiger partial charge is 0.319 e. The van der Waals surface area contributed by atoms with Gasteiger partial charge in [0.25, 0.3) is 5.91 Å². The van der Waals surface area contributed by atoms with Crippen LogP contribution in [0.1, 0.15) is 41.2 Å². The van der Waals surface area contributed by atoms with Gasteiger partial charge in [0, 0.05) is 11.4 Å². The second kappa shape index (κ2) is 11.7. The second-order valence-electron chi connectivity index (χ2n) is 8.01. The highest BCUT2D eigenvalue weighted by molar-refractivity contribution is 7.09. The Morgan fingerprint density at radius 1 is 1.03 bits per heavy atom. The lowest BCUT2D eigenvalue weighted by Crippen LogP contribution is -2.54. The summed E-state index contributed by atoms with van der Waals surface area (Å²) in [6.07, 6.45) is 3.29. The molecule has 1 aliphatic rings. The van der Waals surface area contributed by atoms with Gasteiger partial charge in [-0.15, -0.1) is 11.3 Å². The summed E-state index contributed by atoms with van der Waals surface area (Å²) < 4.78 is 19.2. The number of urea groups is 1. The lowest BCUT2D eigenvalue weighted by Gasteiger charge is -2.32. The minimum atomic E-state index is -0.460. The first-order valence-corrected chi connectivity index (χ1v) is 12.7. The molecular formula is C24H23Cl2FN4O3S. The van der Waals surface area contributed by atoms with Crippen molar-refractivity contribution in [3.8, 4) is 5.75 Å². The van der Waals surface area contributed by atoms with Crippen LogP contribution in [0.2, 0.25) is 10.0 Å². The van der Waals surface area contributed by atoms with E-state index in [4.69, 9.17) is 27.9 Å². The molecule has 1 heterocycles. The standard InChI is InChI=1S/C24H23Cl2FN4O3S/c25-14-6-5-7-15(26)22(14)31-24(33)30-18-10-3-2-9-17(18)29-23(32)19-13-35-21(28-19)12-34-20-11-4-1-8-16(20)27/h1,4-8,11,13,17-18H,2-3,9-10,12H2,(H,29,32)(H2,30,31,33). The molecular weight excluding hydrogens is 514 g/mol. The van der Waals surface area contributed by atoms with Crippen LogP contribution >= 0.6 is 34.5 Å². The number of nitrogens with zero attached hydrogens (tertiary/aromatic N) is 1. The summed E-state index contributed by atoms with van der Waals surface area (Å²) in [6, 6.07) is 10.1. The molecule has 184 valence electrons. The number of rotatable bonds is 7. The number of nitrogens with one attached hydrogen (secondary N) is 3. The summed E-state index contributed by atoms with van der Waals surface area (Å²) >= 11 is 13.5. The topological polar surface area (TPSA) is 92.4 Å². The minimum Gasteiger partial charge on any atom is -0.483 e. The lowest BCUT2D eigenvalue weighted by molar-refractivity contribution is 0.0911. The Morgan fingerprint density at radius 2 is 1.71 bits per heavy atom. The van der Waals surface area contributed by atoms with Crippen molar-refractivity contribution in [1.29, 1.82) is 0 Å². The van der Waals surface area contributed by atoms with Gasteiger partial charge in [-0.05, 0) is 37.1 Å². The molecule has 1 aliphatic carbocycles. The van der Waals surface area contributed by atoms with Gasteiger partial charge < -0.3 is 20.7 Å². The number of anilines is 1. The van der Waals surface area contributed by atoms with Crippen LogP contribution in [0.25, 0.3) is 0 Å². The number of thiazole rings is 1. The average molecular weight is 537 g/mol. The number of carbonyl (C=O) groups is 2. The van der Waals surface area contributed by atoms with E-state index >= 15 is 0 Å². The molecule has 0 aliphatic heterocycles. The third-order valence-electron chi connectivity index (χ3n) is 5.57. The van der Waals surface area contributed by atoms with Gasteiger partial charge in [0.15, 0.2) is 11.6 Å². The molecule has 0 saturated heterocycles. The van der Waals surface area contributed by atoms with Crippen molar-refractivity contribution < 1.29 is 18.7 Å². The number of para-hydroxylation sites is 2. The largest absolute Gasteiger partial charge is 0.483 e. The number of hydrogen-bond donors (Lipinski definition) is 3. The number of ether oxygens (including phenoxy) is 1. The highest BCUT2D eigenvalue weighted by Crippen LogP contribution is 2.30. The molecule has 3 N–H and O–H groups in total. The zero-order valence-corrected chi connectivity index (χ0v) is 20.9. The first-order chi connectivity index (χ1) is 16.9. The van der Waals surface area contributed by atoms with Gasteiger partial charge in [0.05, 0.1) is 21.8 Å². The molecule has 2 unspecified atom stereocenters. The Bertz CT molecular complexity index is 1190. The Morgan fingerprint density at radius 3 is 2.43 bits per heavy atom. The molecule has 2 aromatic carbocycles. The van der Waals surface area contributed by atoms with E-state index in [2.05, 4.69) is 20.9 Å². The maximum Gasteiger partial charge on any atom is 0.319 e. The summed E-state index contributed by atoms with van der Waals surface area (Å²) in [5.74, 6) is -0.675. The Kier molecular flexibility index (Phi) is 8.43. The molecule has 0 spiro atoms. The highest BCUT2D eigenvalue weighted by atomic mass is 35.5. The van der Waals surface area contributed by atoms with Crippen LogP contribution in [0.4, 0.5) is 14.9 Å². The third-order valence-corrected chi connectivity index (χ3v) is 7.02. The molecule has 1 aromatic heterocycles. The molecule has 3 amide bonds. The first kappa shape index (κ1) is 25.2. The lowest BCUT2D eigenvalue weighted by atomic mass is 9.90. The molecule has 11 heteroatoms. The van der Waals surface area contributed by atoms with Gasteiger partial charge >= 0.3 is 6.03 Å². The molecule has 0 radical (unpaired) electrons. The maximum atomic E-state index is 13.7. The Hall–Kier alpha value is -2.88. The van der Waals surface area contributed by atoms with Gasteiger partial charge in [-0.3, -0.25) is 4.79 Å². The monoisotopic (exact) mass is 536 g/mol. The molecule has 0 bridgehead atoms. The van der Waals surface area contributed by atoms with E-state index < -0.39 is 11.8 Å². The van der Waals surface area contributed by atoms with E-state index in [0.717, 1.165) is 19.3 Å². The summed E-state index contributed by atoms with van der Waals surface area (Å²) in [4.78, 5) is 29.7. The molecule has 7 nitrogen and oxygen atoms in total. The normalized spacial score (nSPS) is 17.5. The molecule has 2 atom stereocenters. The summed E-state index contributed by atoms with van der Waals surface area (Å²) in [5.41, 5.74) is 0.580. The Labute approximate surface area is 216 Å². The van der Waals surface area contributed by atoms with E-state index in [1.54, 1.807) is 35.7 Å². The predicted octanol–water partition coefficient (Wildman–Crippen LogP) is 6.03. The van der Waals surface area contributed by atoms with E-state index in [9.17, 15) is 14.0 Å². The van der Waals surface area contributed by atoms with Crippen LogP contribution < -0.4 is 20.7 Å². The quantitative estimate of drug-likeness (QED) is 0.343. The second-order valence-corrected chi connectivity index (χ2v) is 9.77. The van der Waals surface area contributed by atoms with Gasteiger partial charge in [0.1, 0.15) is 17.3 Å². The Balaban J connectivity index is 1.33. The summed E-state index contributed by atoms with van der Waals surface area (Å²) in [5, 5.41) is 11.4. The number of carbonyl (C=O) groups excluding carboxylic acids is 2. The van der Waals surface area contributed by atoms with Crippen LogP contribution in [0, 0.1) is 5.82 Å². The maximum absolute atomic E-state index is 13.7. The van der Waals surface area contributed by atoms with Crippen molar-refractivity contribution in [2.45, 2.75) is 44.4 Å². The van der Waals surface area contributed by atoms with Crippen molar-refractivity contribution in [2.75, 3.05) is 5.32 Å². The molecule has 1 saturated carbocycles. The van der Waals surface area contributed by atoms with Gasteiger partial charge in [-0.1, -0.05) is 54.2 Å². The third kappa shape index (κ3) is 6.62. The van der Waals surface area contributed by atoms with Gasteiger partial charge in [-0.25, -0.2) is 14.2 Å². The predicted molar refractivity (Wildman–Crippen MR) is 135 cm³/mol. The van der Waals surface area contributed by atoms with Crippen molar-refractivity contribution >= 4 is 52.2 Å². The fourth-order valence-electron chi connectivity index (χ4n) is 3.84. The fraction of sp³-hybridized carbons (Fsp3) is 0.292. The zero-order chi connectivity index (χ0) is 24.8. The van der Waals surface area contributed by atoms with Crippen LogP contribution in [-0.2, 0) is 6.61 Å². The van der Waals surface area contributed by atoms with Crippen LogP contribution in [0.3, 0.4) is 0 Å². The molecule has 4 rings (SSSR count). The molecule has 35 heavy (non-hydrogen) atoms. The van der Waals surface area contributed by atoms with E-state index in [0.29, 0.717) is 27.2 Å². The van der Waals surface area contributed by atoms with Crippen molar-refractivity contribution in [3.05, 3.63) is 74.4 Å². The van der Waals surface area contributed by atoms with Crippen LogP contribution in [0.5, 0.6) is 5.75 Å².